The number of rotatable bonds is 8. The fraction of sp³-hybridized carbons (Fsp3) is 0.652. The molecule has 160 valence electrons. The Kier molecular flexibility index (Phi) is 7.38. The highest BCUT2D eigenvalue weighted by atomic mass is 32.1. The molecule has 0 saturated heterocycles. The standard InChI is InChI=1S/C23H34N2O2S2/c1-5-18-10-11-19(29-18)14-25(13-12-21(26)27)22-24-20(15-28-22)16-6-8-17(9-7-16)23(2,3)4/h10-11,15-17H,5-9,12-14H2,1-4H3,(H,26,27). The molecule has 0 radical (unpaired) electrons. The van der Waals surface area contributed by atoms with Crippen LogP contribution in [0.5, 0.6) is 0 Å². The first-order valence-electron chi connectivity index (χ1n) is 10.8. The van der Waals surface area contributed by atoms with E-state index in [-0.39, 0.29) is 6.42 Å². The molecule has 3 rings (SSSR count). The van der Waals surface area contributed by atoms with Crippen molar-refractivity contribution in [1.82, 2.24) is 4.98 Å². The lowest BCUT2D eigenvalue weighted by atomic mass is 9.69. The number of carbonyl (C=O) groups is 1. The normalized spacial score (nSPS) is 20.0. The molecule has 0 atom stereocenters. The number of aryl methyl sites for hydroxylation is 1. The molecule has 6 heteroatoms. The van der Waals surface area contributed by atoms with Crippen molar-refractivity contribution in [2.75, 3.05) is 11.4 Å². The van der Waals surface area contributed by atoms with E-state index in [2.05, 4.69) is 50.1 Å². The first-order valence-corrected chi connectivity index (χ1v) is 12.5. The summed E-state index contributed by atoms with van der Waals surface area (Å²) in [4.78, 5) is 20.9. The fourth-order valence-corrected chi connectivity index (χ4v) is 6.13. The third-order valence-electron chi connectivity index (χ3n) is 6.16. The minimum Gasteiger partial charge on any atom is -0.481 e. The van der Waals surface area contributed by atoms with Gasteiger partial charge < -0.3 is 10.0 Å². The van der Waals surface area contributed by atoms with E-state index in [0.717, 1.165) is 24.0 Å². The molecule has 29 heavy (non-hydrogen) atoms. The van der Waals surface area contributed by atoms with Gasteiger partial charge in [-0.1, -0.05) is 27.7 Å². The first-order chi connectivity index (χ1) is 13.8. The van der Waals surface area contributed by atoms with Gasteiger partial charge in [-0.25, -0.2) is 4.98 Å². The third-order valence-corrected chi connectivity index (χ3v) is 8.29. The predicted molar refractivity (Wildman–Crippen MR) is 123 cm³/mol. The molecule has 4 nitrogen and oxygen atoms in total. The van der Waals surface area contributed by atoms with E-state index >= 15 is 0 Å². The van der Waals surface area contributed by atoms with Crippen molar-refractivity contribution in [2.45, 2.75) is 78.7 Å². The Balaban J connectivity index is 1.69. The van der Waals surface area contributed by atoms with Gasteiger partial charge in [0.1, 0.15) is 0 Å². The van der Waals surface area contributed by atoms with E-state index < -0.39 is 5.97 Å². The molecule has 0 aliphatic heterocycles. The lowest BCUT2D eigenvalue weighted by Crippen LogP contribution is -2.26. The van der Waals surface area contributed by atoms with Gasteiger partial charge in [0.15, 0.2) is 5.13 Å². The van der Waals surface area contributed by atoms with Crippen LogP contribution < -0.4 is 4.90 Å². The molecule has 1 aliphatic rings. The molecule has 0 aromatic carbocycles. The second-order valence-electron chi connectivity index (χ2n) is 9.26. The quantitative estimate of drug-likeness (QED) is 0.510. The highest BCUT2D eigenvalue weighted by molar-refractivity contribution is 7.14. The lowest BCUT2D eigenvalue weighted by molar-refractivity contribution is -0.136. The van der Waals surface area contributed by atoms with Gasteiger partial charge in [-0.3, -0.25) is 4.79 Å². The van der Waals surface area contributed by atoms with Crippen LogP contribution in [0, 0.1) is 11.3 Å². The Labute approximate surface area is 183 Å². The minimum atomic E-state index is -0.757. The van der Waals surface area contributed by atoms with E-state index in [4.69, 9.17) is 4.98 Å². The molecule has 2 aromatic heterocycles. The van der Waals surface area contributed by atoms with Gasteiger partial charge in [0.25, 0.3) is 0 Å². The Bertz CT molecular complexity index is 798. The molecule has 2 aromatic rings. The number of thiazole rings is 1. The maximum absolute atomic E-state index is 11.2. The second-order valence-corrected chi connectivity index (χ2v) is 11.3. The number of aliphatic carboxylic acids is 1. The van der Waals surface area contributed by atoms with Gasteiger partial charge in [0.2, 0.25) is 0 Å². The van der Waals surface area contributed by atoms with E-state index in [1.165, 1.54) is 41.1 Å². The van der Waals surface area contributed by atoms with Gasteiger partial charge in [-0.15, -0.1) is 22.7 Å². The monoisotopic (exact) mass is 434 g/mol. The zero-order valence-corrected chi connectivity index (χ0v) is 19.7. The molecular formula is C23H34N2O2S2. The van der Waals surface area contributed by atoms with Crippen molar-refractivity contribution >= 4 is 33.8 Å². The number of aromatic nitrogens is 1. The molecule has 0 amide bonds. The van der Waals surface area contributed by atoms with E-state index in [1.54, 1.807) is 11.3 Å². The summed E-state index contributed by atoms with van der Waals surface area (Å²) in [6.45, 7) is 10.5. The fourth-order valence-electron chi connectivity index (χ4n) is 4.22. The van der Waals surface area contributed by atoms with E-state index in [1.807, 2.05) is 11.3 Å². The zero-order valence-electron chi connectivity index (χ0n) is 18.1. The molecule has 1 N–H and O–H groups in total. The Morgan fingerprint density at radius 1 is 1.21 bits per heavy atom. The molecule has 2 heterocycles. The predicted octanol–water partition coefficient (Wildman–Crippen LogP) is 6.57. The van der Waals surface area contributed by atoms with Crippen LogP contribution >= 0.6 is 22.7 Å². The van der Waals surface area contributed by atoms with Crippen LogP contribution in [-0.2, 0) is 17.8 Å². The number of nitrogens with zero attached hydrogens (tertiary/aromatic N) is 2. The largest absolute Gasteiger partial charge is 0.481 e. The van der Waals surface area contributed by atoms with Gasteiger partial charge in [-0.05, 0) is 55.6 Å². The molecule has 1 saturated carbocycles. The van der Waals surface area contributed by atoms with Crippen LogP contribution in [0.1, 0.15) is 81.2 Å². The van der Waals surface area contributed by atoms with Crippen molar-refractivity contribution in [3.8, 4) is 0 Å². The van der Waals surface area contributed by atoms with Gasteiger partial charge in [0, 0.05) is 27.6 Å². The summed E-state index contributed by atoms with van der Waals surface area (Å²) in [6.07, 6.45) is 6.16. The maximum Gasteiger partial charge on any atom is 0.305 e. The van der Waals surface area contributed by atoms with E-state index in [0.29, 0.717) is 17.9 Å². The number of hydrogen-bond acceptors (Lipinski definition) is 5. The zero-order chi connectivity index (χ0) is 21.0. The van der Waals surface area contributed by atoms with Crippen LogP contribution in [0.25, 0.3) is 0 Å². The molecule has 1 aliphatic carbocycles. The number of carboxylic acids is 1. The molecular weight excluding hydrogens is 400 g/mol. The third kappa shape index (κ3) is 6.05. The highest BCUT2D eigenvalue weighted by Crippen LogP contribution is 2.43. The van der Waals surface area contributed by atoms with Gasteiger partial charge in [-0.2, -0.15) is 0 Å². The second kappa shape index (κ2) is 9.61. The van der Waals surface area contributed by atoms with Crippen LogP contribution in [0.15, 0.2) is 17.5 Å². The van der Waals surface area contributed by atoms with Crippen molar-refractivity contribution in [3.63, 3.8) is 0 Å². The summed E-state index contributed by atoms with van der Waals surface area (Å²) in [5.41, 5.74) is 1.60. The number of anilines is 1. The van der Waals surface area contributed by atoms with Crippen molar-refractivity contribution in [1.29, 1.82) is 0 Å². The molecule has 0 spiro atoms. The van der Waals surface area contributed by atoms with Crippen molar-refractivity contribution < 1.29 is 9.90 Å². The topological polar surface area (TPSA) is 53.4 Å². The minimum absolute atomic E-state index is 0.137. The smallest absolute Gasteiger partial charge is 0.305 e. The SMILES string of the molecule is CCc1ccc(CN(CCC(=O)O)c2nc(C3CCC(C(C)(C)C)CC3)cs2)s1. The van der Waals surface area contributed by atoms with Crippen LogP contribution in [-0.4, -0.2) is 22.6 Å². The summed E-state index contributed by atoms with van der Waals surface area (Å²) in [7, 11) is 0. The van der Waals surface area contributed by atoms with E-state index in [9.17, 15) is 9.90 Å². The summed E-state index contributed by atoms with van der Waals surface area (Å²) in [6, 6.07) is 4.34. The van der Waals surface area contributed by atoms with Crippen LogP contribution in [0.4, 0.5) is 5.13 Å². The van der Waals surface area contributed by atoms with Crippen molar-refractivity contribution in [2.24, 2.45) is 11.3 Å². The van der Waals surface area contributed by atoms with Crippen LogP contribution in [0.2, 0.25) is 0 Å². The summed E-state index contributed by atoms with van der Waals surface area (Å²) >= 11 is 3.48. The molecule has 0 unspecified atom stereocenters. The summed E-state index contributed by atoms with van der Waals surface area (Å²) < 4.78 is 0. The average Bonchev–Trinajstić information content (AvgIpc) is 3.34. The molecule has 1 fully saturated rings. The number of hydrogen-bond donors (Lipinski definition) is 1. The van der Waals surface area contributed by atoms with Gasteiger partial charge in [0.05, 0.1) is 18.7 Å². The molecule has 0 bridgehead atoms. The summed E-state index contributed by atoms with van der Waals surface area (Å²) in [5, 5.41) is 12.3. The Morgan fingerprint density at radius 3 is 2.48 bits per heavy atom. The summed E-state index contributed by atoms with van der Waals surface area (Å²) in [5.74, 6) is 0.594. The Morgan fingerprint density at radius 2 is 1.90 bits per heavy atom. The highest BCUT2D eigenvalue weighted by Gasteiger charge is 2.31. The first kappa shape index (κ1) is 22.3. The van der Waals surface area contributed by atoms with Crippen LogP contribution in [0.3, 0.4) is 0 Å². The maximum atomic E-state index is 11.2. The lowest BCUT2D eigenvalue weighted by Gasteiger charge is -2.36. The number of thiophene rings is 1. The number of carboxylic acid groups (broad SMARTS) is 1. The average molecular weight is 435 g/mol. The Hall–Kier alpha value is -1.40. The van der Waals surface area contributed by atoms with Crippen molar-refractivity contribution in [3.05, 3.63) is 33.0 Å². The van der Waals surface area contributed by atoms with Gasteiger partial charge >= 0.3 is 5.97 Å².